The number of ether oxygens (including phenoxy) is 1. The van der Waals surface area contributed by atoms with Gasteiger partial charge in [-0.15, -0.1) is 0 Å². The monoisotopic (exact) mass is 365 g/mol. The van der Waals surface area contributed by atoms with Gasteiger partial charge >= 0.3 is 5.97 Å². The summed E-state index contributed by atoms with van der Waals surface area (Å²) in [4.78, 5) is 10.9. The summed E-state index contributed by atoms with van der Waals surface area (Å²) < 4.78 is 32.1. The first-order valence-electron chi connectivity index (χ1n) is 5.91. The highest BCUT2D eigenvalue weighted by Gasteiger charge is 2.20. The van der Waals surface area contributed by atoms with E-state index in [2.05, 4.69) is 20.7 Å². The second-order valence-corrected chi connectivity index (χ2v) is 6.70. The number of rotatable bonds is 7. The quantitative estimate of drug-likeness (QED) is 0.768. The van der Waals surface area contributed by atoms with Crippen LogP contribution >= 0.6 is 15.9 Å². The van der Waals surface area contributed by atoms with Crippen molar-refractivity contribution in [2.24, 2.45) is 0 Å². The average Bonchev–Trinajstić information content (AvgIpc) is 2.35. The van der Waals surface area contributed by atoms with Crippen LogP contribution in [0.3, 0.4) is 0 Å². The number of carbonyl (C=O) groups is 1. The van der Waals surface area contributed by atoms with Gasteiger partial charge in [0.25, 0.3) is 0 Å². The largest absolute Gasteiger partial charge is 0.478 e. The molecule has 1 unspecified atom stereocenters. The van der Waals surface area contributed by atoms with E-state index in [9.17, 15) is 13.2 Å². The van der Waals surface area contributed by atoms with Crippen LogP contribution in [-0.4, -0.2) is 38.7 Å². The third-order valence-corrected chi connectivity index (χ3v) is 4.69. The number of carboxylic acid groups (broad SMARTS) is 1. The van der Waals surface area contributed by atoms with Gasteiger partial charge in [-0.25, -0.2) is 17.9 Å². The molecule has 1 aromatic carbocycles. The smallest absolute Gasteiger partial charge is 0.336 e. The van der Waals surface area contributed by atoms with Crippen LogP contribution in [0.1, 0.15) is 24.2 Å². The number of aromatic carboxylic acids is 1. The van der Waals surface area contributed by atoms with E-state index in [4.69, 9.17) is 9.84 Å². The fourth-order valence-electron chi connectivity index (χ4n) is 1.50. The topological polar surface area (TPSA) is 92.7 Å². The van der Waals surface area contributed by atoms with Gasteiger partial charge in [-0.1, -0.05) is 0 Å². The second-order valence-electron chi connectivity index (χ2n) is 4.13. The number of carboxylic acids is 1. The molecule has 1 rings (SSSR count). The van der Waals surface area contributed by atoms with E-state index in [1.807, 2.05) is 6.92 Å². The van der Waals surface area contributed by atoms with E-state index in [1.165, 1.54) is 12.1 Å². The molecule has 6 nitrogen and oxygen atoms in total. The molecule has 2 N–H and O–H groups in total. The lowest BCUT2D eigenvalue weighted by atomic mass is 10.2. The summed E-state index contributed by atoms with van der Waals surface area (Å²) >= 11 is 3.07. The Morgan fingerprint density at radius 3 is 2.70 bits per heavy atom. The molecular weight excluding hydrogens is 350 g/mol. The molecule has 0 heterocycles. The Morgan fingerprint density at radius 1 is 1.50 bits per heavy atom. The van der Waals surface area contributed by atoms with Crippen molar-refractivity contribution in [3.8, 4) is 0 Å². The van der Waals surface area contributed by atoms with E-state index >= 15 is 0 Å². The molecule has 0 saturated carbocycles. The Balaban J connectivity index is 2.98. The fraction of sp³-hybridized carbons (Fsp3) is 0.417. The molecule has 8 heteroatoms. The third kappa shape index (κ3) is 4.55. The van der Waals surface area contributed by atoms with Crippen LogP contribution in [0.2, 0.25) is 0 Å². The highest BCUT2D eigenvalue weighted by atomic mass is 79.9. The molecule has 0 amide bonds. The Kier molecular flexibility index (Phi) is 6.12. The van der Waals surface area contributed by atoms with E-state index in [-0.39, 0.29) is 17.1 Å². The second kappa shape index (κ2) is 7.16. The van der Waals surface area contributed by atoms with Crippen LogP contribution in [0, 0.1) is 0 Å². The van der Waals surface area contributed by atoms with Crippen LogP contribution < -0.4 is 4.72 Å². The summed E-state index contributed by atoms with van der Waals surface area (Å²) in [5, 5.41) is 8.99. The van der Waals surface area contributed by atoms with Crippen molar-refractivity contribution < 1.29 is 23.1 Å². The Bertz CT molecular complexity index is 588. The summed E-state index contributed by atoms with van der Waals surface area (Å²) in [5.41, 5.74) is -0.106. The molecule has 112 valence electrons. The highest BCUT2D eigenvalue weighted by molar-refractivity contribution is 9.10. The maximum absolute atomic E-state index is 12.1. The Hall–Kier alpha value is -0.960. The van der Waals surface area contributed by atoms with Gasteiger partial charge in [0, 0.05) is 17.1 Å². The Labute approximate surface area is 126 Å². The van der Waals surface area contributed by atoms with Crippen molar-refractivity contribution in [1.82, 2.24) is 4.72 Å². The minimum atomic E-state index is -3.78. The summed E-state index contributed by atoms with van der Waals surface area (Å²) in [6.45, 7) is 4.23. The molecule has 0 spiro atoms. The fourth-order valence-corrected chi connectivity index (χ4v) is 3.17. The molecule has 0 aliphatic rings. The minimum absolute atomic E-state index is 0.0959. The molecule has 0 aliphatic heterocycles. The lowest BCUT2D eigenvalue weighted by Crippen LogP contribution is -2.36. The van der Waals surface area contributed by atoms with Crippen molar-refractivity contribution >= 4 is 31.9 Å². The molecule has 0 saturated heterocycles. The first kappa shape index (κ1) is 17.1. The molecule has 0 bridgehead atoms. The normalized spacial score (nSPS) is 13.2. The van der Waals surface area contributed by atoms with Gasteiger partial charge in [0.05, 0.1) is 17.1 Å². The number of nitrogens with one attached hydrogen (secondary N) is 1. The van der Waals surface area contributed by atoms with Crippen LogP contribution in [0.15, 0.2) is 27.6 Å². The molecule has 0 aliphatic carbocycles. The summed E-state index contributed by atoms with van der Waals surface area (Å²) in [6, 6.07) is 3.44. The third-order valence-electron chi connectivity index (χ3n) is 2.41. The van der Waals surface area contributed by atoms with Crippen molar-refractivity contribution in [3.05, 3.63) is 28.2 Å². The summed E-state index contributed by atoms with van der Waals surface area (Å²) in [5.74, 6) is -1.20. The van der Waals surface area contributed by atoms with E-state index in [1.54, 1.807) is 6.92 Å². The summed E-state index contributed by atoms with van der Waals surface area (Å²) in [7, 11) is -3.78. The predicted octanol–water partition coefficient (Wildman–Crippen LogP) is 1.85. The maximum Gasteiger partial charge on any atom is 0.336 e. The van der Waals surface area contributed by atoms with Gasteiger partial charge in [-0.3, -0.25) is 0 Å². The molecular formula is C12H16BrNO5S. The van der Waals surface area contributed by atoms with Gasteiger partial charge in [0.2, 0.25) is 10.0 Å². The zero-order chi connectivity index (χ0) is 15.3. The lowest BCUT2D eigenvalue weighted by molar-refractivity contribution is 0.0695. The van der Waals surface area contributed by atoms with Gasteiger partial charge in [0.1, 0.15) is 0 Å². The first-order valence-corrected chi connectivity index (χ1v) is 8.18. The molecule has 0 radical (unpaired) electrons. The highest BCUT2D eigenvalue weighted by Crippen LogP contribution is 2.21. The molecule has 20 heavy (non-hydrogen) atoms. The summed E-state index contributed by atoms with van der Waals surface area (Å²) in [6.07, 6.45) is 0. The van der Waals surface area contributed by atoms with Gasteiger partial charge in [-0.2, -0.15) is 0 Å². The SMILES string of the molecule is CCOCC(C)NS(=O)(=O)c1ccc(Br)c(C(=O)O)c1. The zero-order valence-corrected chi connectivity index (χ0v) is 13.5. The molecule has 0 aromatic heterocycles. The predicted molar refractivity (Wildman–Crippen MR) is 77.4 cm³/mol. The van der Waals surface area contributed by atoms with Gasteiger partial charge < -0.3 is 9.84 Å². The molecule has 1 atom stereocenters. The molecule has 0 fully saturated rings. The van der Waals surface area contributed by atoms with Crippen molar-refractivity contribution in [3.63, 3.8) is 0 Å². The number of hydrogen-bond acceptors (Lipinski definition) is 4. The van der Waals surface area contributed by atoms with Crippen LogP contribution in [0.5, 0.6) is 0 Å². The number of sulfonamides is 1. The van der Waals surface area contributed by atoms with E-state index in [0.29, 0.717) is 11.1 Å². The number of hydrogen-bond donors (Lipinski definition) is 2. The van der Waals surface area contributed by atoms with Crippen LogP contribution in [0.25, 0.3) is 0 Å². The maximum atomic E-state index is 12.1. The Morgan fingerprint density at radius 2 is 2.15 bits per heavy atom. The van der Waals surface area contributed by atoms with Crippen molar-refractivity contribution in [2.75, 3.05) is 13.2 Å². The lowest BCUT2D eigenvalue weighted by Gasteiger charge is -2.14. The number of benzene rings is 1. The number of halogens is 1. The van der Waals surface area contributed by atoms with Crippen LogP contribution in [0.4, 0.5) is 0 Å². The van der Waals surface area contributed by atoms with Crippen LogP contribution in [-0.2, 0) is 14.8 Å². The standard InChI is InChI=1S/C12H16BrNO5S/c1-3-19-7-8(2)14-20(17,18)9-4-5-11(13)10(6-9)12(15)16/h4-6,8,14H,3,7H2,1-2H3,(H,15,16). The van der Waals surface area contributed by atoms with E-state index in [0.717, 1.165) is 6.07 Å². The van der Waals surface area contributed by atoms with Crippen molar-refractivity contribution in [1.29, 1.82) is 0 Å². The molecule has 1 aromatic rings. The zero-order valence-electron chi connectivity index (χ0n) is 11.1. The van der Waals surface area contributed by atoms with Gasteiger partial charge in [-0.05, 0) is 48.0 Å². The first-order chi connectivity index (χ1) is 9.27. The average molecular weight is 366 g/mol. The van der Waals surface area contributed by atoms with Crippen molar-refractivity contribution in [2.45, 2.75) is 24.8 Å². The van der Waals surface area contributed by atoms with Gasteiger partial charge in [0.15, 0.2) is 0 Å². The minimum Gasteiger partial charge on any atom is -0.478 e. The van der Waals surface area contributed by atoms with E-state index < -0.39 is 22.0 Å².